The molecule has 112 valence electrons. The number of aryl methyl sites for hydroxylation is 2. The predicted molar refractivity (Wildman–Crippen MR) is 80.0 cm³/mol. The number of ether oxygens (including phenoxy) is 1. The van der Waals surface area contributed by atoms with Gasteiger partial charge in [-0.25, -0.2) is 9.78 Å². The van der Waals surface area contributed by atoms with Crippen LogP contribution in [-0.2, 0) is 11.3 Å². The van der Waals surface area contributed by atoms with Crippen molar-refractivity contribution in [2.24, 2.45) is 0 Å². The number of morpholine rings is 1. The maximum atomic E-state index is 12.2. The van der Waals surface area contributed by atoms with Gasteiger partial charge in [0, 0.05) is 11.4 Å². The molecule has 20 heavy (non-hydrogen) atoms. The summed E-state index contributed by atoms with van der Waals surface area (Å²) in [6.07, 6.45) is 0.907. The molecule has 0 unspecified atom stereocenters. The highest BCUT2D eigenvalue weighted by Gasteiger charge is 2.32. The highest BCUT2D eigenvalue weighted by Crippen LogP contribution is 2.21. The van der Waals surface area contributed by atoms with E-state index in [0.717, 1.165) is 22.0 Å². The Kier molecular flexibility index (Phi) is 4.65. The number of hydrogen-bond donors (Lipinski definition) is 1. The van der Waals surface area contributed by atoms with Gasteiger partial charge in [0.05, 0.1) is 36.0 Å². The molecule has 5 nitrogen and oxygen atoms in total. The van der Waals surface area contributed by atoms with E-state index in [1.165, 1.54) is 0 Å². The van der Waals surface area contributed by atoms with E-state index in [0.29, 0.717) is 26.2 Å². The monoisotopic (exact) mass is 297 g/mol. The normalized spacial score (nSPS) is 22.9. The number of urea groups is 1. The van der Waals surface area contributed by atoms with Crippen molar-refractivity contribution in [1.29, 1.82) is 0 Å². The number of nitrogens with one attached hydrogen (secondary N) is 1. The van der Waals surface area contributed by atoms with E-state index >= 15 is 0 Å². The SMILES string of the molecule is CC[C@@]1(C)CN(C(=O)NCc2sc(C)nc2C)CCO1. The number of nitrogens with zero attached hydrogens (tertiary/aromatic N) is 2. The fourth-order valence-corrected chi connectivity index (χ4v) is 3.20. The third-order valence-electron chi connectivity index (χ3n) is 3.77. The second kappa shape index (κ2) is 6.10. The van der Waals surface area contributed by atoms with Gasteiger partial charge in [-0.05, 0) is 27.2 Å². The number of aromatic nitrogens is 1. The standard InChI is InChI=1S/C14H23N3O2S/c1-5-14(4)9-17(6-7-19-14)13(18)15-8-12-10(2)16-11(3)20-12/h5-9H2,1-4H3,(H,15,18)/t14-/m0/s1. The number of carbonyl (C=O) groups excluding carboxylic acids is 1. The second-order valence-electron chi connectivity index (χ2n) is 5.47. The number of thiazole rings is 1. The third kappa shape index (κ3) is 3.49. The predicted octanol–water partition coefficient (Wildman–Crippen LogP) is 2.47. The van der Waals surface area contributed by atoms with Crippen LogP contribution in [0, 0.1) is 13.8 Å². The van der Waals surface area contributed by atoms with Gasteiger partial charge in [-0.15, -0.1) is 11.3 Å². The lowest BCUT2D eigenvalue weighted by Gasteiger charge is -2.39. The first-order valence-corrected chi connectivity index (χ1v) is 7.85. The molecule has 1 saturated heterocycles. The summed E-state index contributed by atoms with van der Waals surface area (Å²) in [5, 5.41) is 4.03. The molecule has 0 bridgehead atoms. The van der Waals surface area contributed by atoms with Gasteiger partial charge < -0.3 is 15.0 Å². The van der Waals surface area contributed by atoms with Crippen LogP contribution in [0.5, 0.6) is 0 Å². The van der Waals surface area contributed by atoms with Crippen LogP contribution in [0.15, 0.2) is 0 Å². The van der Waals surface area contributed by atoms with Crippen molar-refractivity contribution in [1.82, 2.24) is 15.2 Å². The van der Waals surface area contributed by atoms with Crippen molar-refractivity contribution >= 4 is 17.4 Å². The zero-order chi connectivity index (χ0) is 14.8. The highest BCUT2D eigenvalue weighted by atomic mass is 32.1. The molecule has 1 N–H and O–H groups in total. The Morgan fingerprint density at radius 2 is 2.30 bits per heavy atom. The minimum absolute atomic E-state index is 0.0153. The maximum absolute atomic E-state index is 12.2. The zero-order valence-corrected chi connectivity index (χ0v) is 13.5. The molecule has 0 aliphatic carbocycles. The molecule has 2 heterocycles. The van der Waals surface area contributed by atoms with Gasteiger partial charge in [-0.3, -0.25) is 0 Å². The molecule has 2 amide bonds. The Balaban J connectivity index is 1.90. The van der Waals surface area contributed by atoms with Crippen molar-refractivity contribution in [3.63, 3.8) is 0 Å². The molecule has 1 aliphatic heterocycles. The third-order valence-corrected chi connectivity index (χ3v) is 4.84. The summed E-state index contributed by atoms with van der Waals surface area (Å²) < 4.78 is 5.75. The Bertz CT molecular complexity index is 489. The van der Waals surface area contributed by atoms with Crippen LogP contribution in [0.4, 0.5) is 4.79 Å². The van der Waals surface area contributed by atoms with E-state index in [1.54, 1.807) is 11.3 Å². The molecular formula is C14H23N3O2S. The first-order chi connectivity index (χ1) is 9.43. The van der Waals surface area contributed by atoms with Crippen molar-refractivity contribution < 1.29 is 9.53 Å². The van der Waals surface area contributed by atoms with Crippen molar-refractivity contribution in [3.8, 4) is 0 Å². The fraction of sp³-hybridized carbons (Fsp3) is 0.714. The summed E-state index contributed by atoms with van der Waals surface area (Å²) in [7, 11) is 0. The zero-order valence-electron chi connectivity index (χ0n) is 12.7. The molecular weight excluding hydrogens is 274 g/mol. The van der Waals surface area contributed by atoms with Crippen LogP contribution < -0.4 is 5.32 Å². The molecule has 1 fully saturated rings. The summed E-state index contributed by atoms with van der Waals surface area (Å²) in [6.45, 7) is 10.6. The number of amides is 2. The van der Waals surface area contributed by atoms with Gasteiger partial charge >= 0.3 is 6.03 Å². The fourth-order valence-electron chi connectivity index (χ4n) is 2.32. The summed E-state index contributed by atoms with van der Waals surface area (Å²) in [4.78, 5) is 19.6. The van der Waals surface area contributed by atoms with E-state index in [2.05, 4.69) is 24.1 Å². The van der Waals surface area contributed by atoms with E-state index in [1.807, 2.05) is 18.7 Å². The van der Waals surface area contributed by atoms with Crippen molar-refractivity contribution in [3.05, 3.63) is 15.6 Å². The Labute approximate surface area is 124 Å². The Morgan fingerprint density at radius 1 is 1.55 bits per heavy atom. The summed E-state index contributed by atoms with van der Waals surface area (Å²) in [5.74, 6) is 0. The summed E-state index contributed by atoms with van der Waals surface area (Å²) in [6, 6.07) is -0.0153. The largest absolute Gasteiger partial charge is 0.372 e. The summed E-state index contributed by atoms with van der Waals surface area (Å²) >= 11 is 1.64. The van der Waals surface area contributed by atoms with Crippen LogP contribution in [-0.4, -0.2) is 41.2 Å². The molecule has 1 aromatic heterocycles. The molecule has 1 atom stereocenters. The quantitative estimate of drug-likeness (QED) is 0.932. The van der Waals surface area contributed by atoms with Gasteiger partial charge in [-0.2, -0.15) is 0 Å². The molecule has 1 aliphatic rings. The van der Waals surface area contributed by atoms with Gasteiger partial charge in [0.2, 0.25) is 0 Å². The van der Waals surface area contributed by atoms with Crippen molar-refractivity contribution in [2.75, 3.05) is 19.7 Å². The molecule has 0 aromatic carbocycles. The Morgan fingerprint density at radius 3 is 2.90 bits per heavy atom. The summed E-state index contributed by atoms with van der Waals surface area (Å²) in [5.41, 5.74) is 0.792. The lowest BCUT2D eigenvalue weighted by molar-refractivity contribution is -0.0872. The van der Waals surface area contributed by atoms with E-state index in [9.17, 15) is 4.79 Å². The van der Waals surface area contributed by atoms with Crippen LogP contribution in [0.2, 0.25) is 0 Å². The average molecular weight is 297 g/mol. The van der Waals surface area contributed by atoms with Crippen LogP contribution >= 0.6 is 11.3 Å². The molecule has 0 radical (unpaired) electrons. The van der Waals surface area contributed by atoms with Crippen LogP contribution in [0.3, 0.4) is 0 Å². The van der Waals surface area contributed by atoms with Crippen molar-refractivity contribution in [2.45, 2.75) is 46.3 Å². The van der Waals surface area contributed by atoms with Gasteiger partial charge in [0.15, 0.2) is 0 Å². The minimum atomic E-state index is -0.216. The van der Waals surface area contributed by atoms with E-state index in [-0.39, 0.29) is 11.6 Å². The molecule has 0 saturated carbocycles. The second-order valence-corrected chi connectivity index (χ2v) is 6.76. The first kappa shape index (κ1) is 15.3. The topological polar surface area (TPSA) is 54.5 Å². The first-order valence-electron chi connectivity index (χ1n) is 7.03. The maximum Gasteiger partial charge on any atom is 0.317 e. The minimum Gasteiger partial charge on any atom is -0.372 e. The smallest absolute Gasteiger partial charge is 0.317 e. The number of carbonyl (C=O) groups is 1. The van der Waals surface area contributed by atoms with Gasteiger partial charge in [-0.1, -0.05) is 6.92 Å². The molecule has 2 rings (SSSR count). The molecule has 6 heteroatoms. The van der Waals surface area contributed by atoms with E-state index in [4.69, 9.17) is 4.74 Å². The van der Waals surface area contributed by atoms with Gasteiger partial charge in [0.1, 0.15) is 0 Å². The van der Waals surface area contributed by atoms with Crippen LogP contribution in [0.25, 0.3) is 0 Å². The van der Waals surface area contributed by atoms with Gasteiger partial charge in [0.25, 0.3) is 0 Å². The van der Waals surface area contributed by atoms with Crippen LogP contribution in [0.1, 0.15) is 35.8 Å². The molecule has 0 spiro atoms. The average Bonchev–Trinajstić information content (AvgIpc) is 2.74. The number of hydrogen-bond acceptors (Lipinski definition) is 4. The lowest BCUT2D eigenvalue weighted by Crippen LogP contribution is -2.54. The van der Waals surface area contributed by atoms with E-state index < -0.39 is 0 Å². The molecule has 1 aromatic rings. The number of rotatable bonds is 3. The Hall–Kier alpha value is -1.14. The highest BCUT2D eigenvalue weighted by molar-refractivity contribution is 7.11. The lowest BCUT2D eigenvalue weighted by atomic mass is 10.0.